The van der Waals surface area contributed by atoms with Crippen molar-refractivity contribution in [3.8, 4) is 0 Å². The highest BCUT2D eigenvalue weighted by Gasteiger charge is 2.07. The third-order valence-electron chi connectivity index (χ3n) is 3.20. The van der Waals surface area contributed by atoms with Crippen molar-refractivity contribution in [1.29, 1.82) is 0 Å². The molecule has 0 aliphatic carbocycles. The molecule has 100 valence electrons. The molecule has 0 amide bonds. The lowest BCUT2D eigenvalue weighted by atomic mass is 10.2. The molecule has 3 heteroatoms. The fourth-order valence-corrected chi connectivity index (χ4v) is 2.04. The Bertz CT molecular complexity index is 491. The second-order valence-electron chi connectivity index (χ2n) is 4.73. The first-order valence-electron chi connectivity index (χ1n) is 6.71. The number of aromatic nitrogens is 1. The van der Waals surface area contributed by atoms with Gasteiger partial charge in [0.15, 0.2) is 0 Å². The van der Waals surface area contributed by atoms with Gasteiger partial charge in [0.05, 0.1) is 17.6 Å². The van der Waals surface area contributed by atoms with Crippen LogP contribution in [0.1, 0.15) is 31.1 Å². The lowest BCUT2D eigenvalue weighted by molar-refractivity contribution is 0.774. The van der Waals surface area contributed by atoms with Crippen LogP contribution in [0.2, 0.25) is 0 Å². The second kappa shape index (κ2) is 6.34. The molecule has 0 aliphatic heterocycles. The van der Waals surface area contributed by atoms with Crippen LogP contribution in [0.4, 0.5) is 5.69 Å². The molecule has 2 rings (SSSR count). The van der Waals surface area contributed by atoms with Crippen LogP contribution in [0, 0.1) is 0 Å². The Morgan fingerprint density at radius 3 is 2.42 bits per heavy atom. The number of rotatable bonds is 5. The molecule has 0 spiro atoms. The summed E-state index contributed by atoms with van der Waals surface area (Å²) in [6, 6.07) is 14.6. The topological polar surface area (TPSA) is 42.1 Å². The van der Waals surface area contributed by atoms with Crippen LogP contribution in [0.5, 0.6) is 0 Å². The molecule has 0 aliphatic rings. The third kappa shape index (κ3) is 3.55. The third-order valence-corrected chi connectivity index (χ3v) is 3.20. The number of nitrogens with two attached hydrogens (primary N) is 1. The fraction of sp³-hybridized carbons (Fsp3) is 0.312. The second-order valence-corrected chi connectivity index (χ2v) is 4.73. The molecule has 0 radical (unpaired) electrons. The van der Waals surface area contributed by atoms with Gasteiger partial charge in [-0.15, -0.1) is 0 Å². The smallest absolute Gasteiger partial charge is 0.0569 e. The highest BCUT2D eigenvalue weighted by atomic mass is 15.1. The first-order chi connectivity index (χ1) is 9.20. The van der Waals surface area contributed by atoms with E-state index in [1.54, 1.807) is 0 Å². The van der Waals surface area contributed by atoms with Crippen molar-refractivity contribution < 1.29 is 0 Å². The van der Waals surface area contributed by atoms with Gasteiger partial charge in [0.25, 0.3) is 0 Å². The van der Waals surface area contributed by atoms with Crippen molar-refractivity contribution in [2.75, 3.05) is 11.4 Å². The molecule has 0 saturated carbocycles. The molecular formula is C16H21N3. The molecule has 2 N–H and O–H groups in total. The van der Waals surface area contributed by atoms with Gasteiger partial charge in [-0.3, -0.25) is 4.98 Å². The van der Waals surface area contributed by atoms with E-state index in [0.717, 1.165) is 24.5 Å². The molecule has 0 unspecified atom stereocenters. The Kier molecular flexibility index (Phi) is 4.53. The van der Waals surface area contributed by atoms with E-state index in [9.17, 15) is 0 Å². The number of pyridine rings is 1. The van der Waals surface area contributed by atoms with Crippen LogP contribution in [-0.2, 0) is 6.54 Å². The van der Waals surface area contributed by atoms with E-state index in [2.05, 4.69) is 47.1 Å². The minimum absolute atomic E-state index is 0.0155. The number of hydrogen-bond donors (Lipinski definition) is 1. The summed E-state index contributed by atoms with van der Waals surface area (Å²) >= 11 is 0. The van der Waals surface area contributed by atoms with Gasteiger partial charge in [0.2, 0.25) is 0 Å². The zero-order valence-electron chi connectivity index (χ0n) is 11.6. The Labute approximate surface area is 115 Å². The van der Waals surface area contributed by atoms with E-state index < -0.39 is 0 Å². The van der Waals surface area contributed by atoms with Gasteiger partial charge >= 0.3 is 0 Å². The Hall–Kier alpha value is -1.87. The zero-order chi connectivity index (χ0) is 13.7. The summed E-state index contributed by atoms with van der Waals surface area (Å²) in [6.07, 6.45) is 1.91. The number of benzene rings is 1. The van der Waals surface area contributed by atoms with Gasteiger partial charge in [-0.05, 0) is 31.5 Å². The van der Waals surface area contributed by atoms with Gasteiger partial charge in [-0.1, -0.05) is 30.3 Å². The van der Waals surface area contributed by atoms with E-state index in [0.29, 0.717) is 0 Å². The van der Waals surface area contributed by atoms with Crippen molar-refractivity contribution in [2.24, 2.45) is 5.73 Å². The average Bonchev–Trinajstić information content (AvgIpc) is 2.46. The molecule has 0 saturated heterocycles. The van der Waals surface area contributed by atoms with E-state index in [4.69, 9.17) is 5.73 Å². The molecule has 3 nitrogen and oxygen atoms in total. The van der Waals surface area contributed by atoms with Gasteiger partial charge < -0.3 is 10.6 Å². The number of hydrogen-bond acceptors (Lipinski definition) is 3. The van der Waals surface area contributed by atoms with Crippen molar-refractivity contribution in [1.82, 2.24) is 4.98 Å². The fourth-order valence-electron chi connectivity index (χ4n) is 2.04. The van der Waals surface area contributed by atoms with Crippen molar-refractivity contribution in [3.63, 3.8) is 0 Å². The zero-order valence-corrected chi connectivity index (χ0v) is 11.6. The number of nitrogens with zero attached hydrogens (tertiary/aromatic N) is 2. The summed E-state index contributed by atoms with van der Waals surface area (Å²) in [4.78, 5) is 6.72. The van der Waals surface area contributed by atoms with Crippen LogP contribution in [0.25, 0.3) is 0 Å². The molecule has 1 aromatic heterocycles. The van der Waals surface area contributed by atoms with Crippen molar-refractivity contribution >= 4 is 5.69 Å². The summed E-state index contributed by atoms with van der Waals surface area (Å²) < 4.78 is 0. The standard InChI is InChI=1S/C16H21N3/c1-3-19(12-14-7-5-4-6-8-14)15-9-10-16(13(2)17)18-11-15/h4-11,13H,3,12,17H2,1-2H3/t13-/m1/s1. The van der Waals surface area contributed by atoms with Crippen LogP contribution in [0.15, 0.2) is 48.7 Å². The lowest BCUT2D eigenvalue weighted by Crippen LogP contribution is -2.22. The van der Waals surface area contributed by atoms with Crippen LogP contribution < -0.4 is 10.6 Å². The molecule has 0 fully saturated rings. The molecule has 0 bridgehead atoms. The first-order valence-corrected chi connectivity index (χ1v) is 6.71. The predicted molar refractivity (Wildman–Crippen MR) is 80.0 cm³/mol. The van der Waals surface area contributed by atoms with Crippen molar-refractivity contribution in [2.45, 2.75) is 26.4 Å². The van der Waals surface area contributed by atoms with E-state index in [1.165, 1.54) is 5.56 Å². The SMILES string of the molecule is CCN(Cc1ccccc1)c1ccc([C@@H](C)N)nc1. The highest BCUT2D eigenvalue weighted by Crippen LogP contribution is 2.17. The number of anilines is 1. The summed E-state index contributed by atoms with van der Waals surface area (Å²) in [7, 11) is 0. The lowest BCUT2D eigenvalue weighted by Gasteiger charge is -2.23. The van der Waals surface area contributed by atoms with Gasteiger partial charge in [0.1, 0.15) is 0 Å². The summed E-state index contributed by atoms with van der Waals surface area (Å²) in [5.41, 5.74) is 9.19. The monoisotopic (exact) mass is 255 g/mol. The van der Waals surface area contributed by atoms with E-state index >= 15 is 0 Å². The highest BCUT2D eigenvalue weighted by molar-refractivity contribution is 5.45. The minimum Gasteiger partial charge on any atom is -0.366 e. The van der Waals surface area contributed by atoms with Crippen LogP contribution in [-0.4, -0.2) is 11.5 Å². The summed E-state index contributed by atoms with van der Waals surface area (Å²) in [6.45, 7) is 5.95. The van der Waals surface area contributed by atoms with E-state index in [-0.39, 0.29) is 6.04 Å². The molecule has 1 aromatic carbocycles. The maximum atomic E-state index is 5.82. The van der Waals surface area contributed by atoms with Crippen molar-refractivity contribution in [3.05, 3.63) is 59.9 Å². The predicted octanol–water partition coefficient (Wildman–Crippen LogP) is 3.13. The average molecular weight is 255 g/mol. The van der Waals surface area contributed by atoms with Gasteiger partial charge in [-0.2, -0.15) is 0 Å². The van der Waals surface area contributed by atoms with Crippen LogP contribution >= 0.6 is 0 Å². The largest absolute Gasteiger partial charge is 0.366 e. The Morgan fingerprint density at radius 1 is 1.16 bits per heavy atom. The van der Waals surface area contributed by atoms with Crippen LogP contribution in [0.3, 0.4) is 0 Å². The van der Waals surface area contributed by atoms with Gasteiger partial charge in [0, 0.05) is 19.1 Å². The normalized spacial score (nSPS) is 12.2. The molecule has 1 atom stereocenters. The molecule has 1 heterocycles. The molecular weight excluding hydrogens is 234 g/mol. The first kappa shape index (κ1) is 13.6. The maximum absolute atomic E-state index is 5.82. The minimum atomic E-state index is -0.0155. The molecule has 2 aromatic rings. The Balaban J connectivity index is 2.13. The summed E-state index contributed by atoms with van der Waals surface area (Å²) in [5.74, 6) is 0. The summed E-state index contributed by atoms with van der Waals surface area (Å²) in [5, 5.41) is 0. The quantitative estimate of drug-likeness (QED) is 0.892. The van der Waals surface area contributed by atoms with Gasteiger partial charge in [-0.25, -0.2) is 0 Å². The Morgan fingerprint density at radius 2 is 1.89 bits per heavy atom. The van der Waals surface area contributed by atoms with E-state index in [1.807, 2.05) is 25.3 Å². The maximum Gasteiger partial charge on any atom is 0.0569 e. The molecule has 19 heavy (non-hydrogen) atoms.